The monoisotopic (exact) mass is 302 g/mol. The average molecular weight is 302 g/mol. The van der Waals surface area contributed by atoms with Gasteiger partial charge < -0.3 is 5.11 Å². The molecule has 0 aromatic rings. The molecule has 0 heterocycles. The van der Waals surface area contributed by atoms with Crippen molar-refractivity contribution in [1.29, 1.82) is 0 Å². The van der Waals surface area contributed by atoms with Gasteiger partial charge in [-0.15, -0.1) is 6.58 Å². The summed E-state index contributed by atoms with van der Waals surface area (Å²) < 4.78 is 14.5. The van der Waals surface area contributed by atoms with Crippen molar-refractivity contribution in [3.05, 3.63) is 24.8 Å². The third-order valence-electron chi connectivity index (χ3n) is 2.76. The molecular formula is C15H30N2O2S. The lowest BCUT2D eigenvalue weighted by Gasteiger charge is -2.20. The van der Waals surface area contributed by atoms with Crippen LogP contribution in [0.15, 0.2) is 24.8 Å². The van der Waals surface area contributed by atoms with Crippen LogP contribution < -0.4 is 10.0 Å². The van der Waals surface area contributed by atoms with Crippen LogP contribution in [0.3, 0.4) is 0 Å². The van der Waals surface area contributed by atoms with Crippen molar-refractivity contribution in [3.63, 3.8) is 0 Å². The molecule has 3 N–H and O–H groups in total. The van der Waals surface area contributed by atoms with Crippen LogP contribution in [0.4, 0.5) is 0 Å². The van der Waals surface area contributed by atoms with E-state index < -0.39 is 17.2 Å². The summed E-state index contributed by atoms with van der Waals surface area (Å²) in [5.41, 5.74) is 0. The SMILES string of the molecule is C=CC(C/C=C\C)NC(O)CCCNS(=O)C(C)(C)C. The quantitative estimate of drug-likeness (QED) is 0.329. The van der Waals surface area contributed by atoms with Crippen LogP contribution >= 0.6 is 0 Å². The highest BCUT2D eigenvalue weighted by Gasteiger charge is 2.18. The maximum Gasteiger partial charge on any atom is 0.105 e. The maximum absolute atomic E-state index is 11.8. The summed E-state index contributed by atoms with van der Waals surface area (Å²) >= 11 is 0. The van der Waals surface area contributed by atoms with E-state index in [1.807, 2.05) is 39.8 Å². The van der Waals surface area contributed by atoms with Crippen LogP contribution in [-0.2, 0) is 11.0 Å². The molecule has 0 saturated heterocycles. The normalized spacial score (nSPS) is 17.1. The minimum Gasteiger partial charge on any atom is -0.379 e. The van der Waals surface area contributed by atoms with Crippen molar-refractivity contribution >= 4 is 11.0 Å². The molecule has 0 rings (SSSR count). The van der Waals surface area contributed by atoms with Crippen LogP contribution in [0.2, 0.25) is 0 Å². The van der Waals surface area contributed by atoms with Crippen molar-refractivity contribution in [3.8, 4) is 0 Å². The molecule has 0 amide bonds. The lowest BCUT2D eigenvalue weighted by molar-refractivity contribution is 0.118. The summed E-state index contributed by atoms with van der Waals surface area (Å²) in [7, 11) is -1.05. The Kier molecular flexibility index (Phi) is 10.0. The topological polar surface area (TPSA) is 61.4 Å². The van der Waals surface area contributed by atoms with E-state index in [0.29, 0.717) is 13.0 Å². The Morgan fingerprint density at radius 2 is 2.05 bits per heavy atom. The average Bonchev–Trinajstić information content (AvgIpc) is 2.38. The minimum atomic E-state index is -1.05. The van der Waals surface area contributed by atoms with Gasteiger partial charge in [-0.1, -0.05) is 18.2 Å². The predicted molar refractivity (Wildman–Crippen MR) is 87.7 cm³/mol. The molecule has 4 nitrogen and oxygen atoms in total. The fraction of sp³-hybridized carbons (Fsp3) is 0.733. The number of rotatable bonds is 10. The van der Waals surface area contributed by atoms with E-state index in [-0.39, 0.29) is 10.8 Å². The summed E-state index contributed by atoms with van der Waals surface area (Å²) in [5, 5.41) is 13.0. The highest BCUT2D eigenvalue weighted by atomic mass is 32.2. The lowest BCUT2D eigenvalue weighted by Crippen LogP contribution is -2.38. The van der Waals surface area contributed by atoms with Crippen molar-refractivity contribution < 1.29 is 9.32 Å². The molecule has 0 aromatic carbocycles. The Labute approximate surface area is 126 Å². The molecule has 0 aromatic heterocycles. The molecule has 0 saturated carbocycles. The zero-order valence-electron chi connectivity index (χ0n) is 13.2. The predicted octanol–water partition coefficient (Wildman–Crippen LogP) is 2.25. The summed E-state index contributed by atoms with van der Waals surface area (Å²) in [5.74, 6) is 0. The molecule has 5 heteroatoms. The molecule has 0 radical (unpaired) electrons. The standard InChI is InChI=1S/C15H30N2O2S/c1-6-8-10-13(7-2)17-14(18)11-9-12-16-20(19)15(3,4)5/h6-8,13-14,16-18H,2,9-12H2,1,3-5H3/b8-6-. The highest BCUT2D eigenvalue weighted by Crippen LogP contribution is 2.08. The van der Waals surface area contributed by atoms with Gasteiger partial charge in [0.15, 0.2) is 0 Å². The second kappa shape index (κ2) is 10.3. The molecule has 0 fully saturated rings. The summed E-state index contributed by atoms with van der Waals surface area (Å²) in [6, 6.07) is 0.0814. The van der Waals surface area contributed by atoms with Crippen molar-refractivity contribution in [2.24, 2.45) is 0 Å². The van der Waals surface area contributed by atoms with Gasteiger partial charge in [0.2, 0.25) is 0 Å². The first-order valence-corrected chi connectivity index (χ1v) is 8.29. The van der Waals surface area contributed by atoms with E-state index in [1.54, 1.807) is 6.08 Å². The number of hydrogen-bond donors (Lipinski definition) is 3. The third-order valence-corrected chi connectivity index (χ3v) is 4.34. The zero-order valence-corrected chi connectivity index (χ0v) is 14.0. The maximum atomic E-state index is 11.8. The van der Waals surface area contributed by atoms with Crippen LogP contribution in [-0.4, -0.2) is 32.9 Å². The first-order valence-electron chi connectivity index (χ1n) is 7.14. The van der Waals surface area contributed by atoms with E-state index in [0.717, 1.165) is 12.8 Å². The summed E-state index contributed by atoms with van der Waals surface area (Å²) in [6.07, 6.45) is 7.47. The van der Waals surface area contributed by atoms with Gasteiger partial charge in [0.05, 0.1) is 15.7 Å². The number of hydrogen-bond acceptors (Lipinski definition) is 3. The van der Waals surface area contributed by atoms with Crippen molar-refractivity contribution in [2.75, 3.05) is 6.54 Å². The fourth-order valence-electron chi connectivity index (χ4n) is 1.52. The lowest BCUT2D eigenvalue weighted by atomic mass is 10.1. The summed E-state index contributed by atoms with van der Waals surface area (Å²) in [6.45, 7) is 12.2. The van der Waals surface area contributed by atoms with Gasteiger partial charge in [-0.3, -0.25) is 5.32 Å². The molecular weight excluding hydrogens is 272 g/mol. The smallest absolute Gasteiger partial charge is 0.105 e. The van der Waals surface area contributed by atoms with Gasteiger partial charge in [-0.25, -0.2) is 8.93 Å². The largest absolute Gasteiger partial charge is 0.379 e. The molecule has 0 bridgehead atoms. The molecule has 0 aliphatic carbocycles. The van der Waals surface area contributed by atoms with Crippen LogP contribution in [0.1, 0.15) is 47.0 Å². The molecule has 3 unspecified atom stereocenters. The van der Waals surface area contributed by atoms with E-state index in [1.165, 1.54) is 0 Å². The fourth-order valence-corrected chi connectivity index (χ4v) is 2.28. The summed E-state index contributed by atoms with van der Waals surface area (Å²) in [4.78, 5) is 0. The van der Waals surface area contributed by atoms with Gasteiger partial charge in [0, 0.05) is 12.6 Å². The van der Waals surface area contributed by atoms with Crippen LogP contribution in [0, 0.1) is 0 Å². The van der Waals surface area contributed by atoms with E-state index in [4.69, 9.17) is 0 Å². The molecule has 118 valence electrons. The second-order valence-corrected chi connectivity index (χ2v) is 7.80. The zero-order chi connectivity index (χ0) is 15.6. The van der Waals surface area contributed by atoms with Gasteiger partial charge in [0.25, 0.3) is 0 Å². The van der Waals surface area contributed by atoms with Gasteiger partial charge in [-0.05, 0) is 47.0 Å². The first kappa shape index (κ1) is 19.5. The molecule has 0 spiro atoms. The van der Waals surface area contributed by atoms with Gasteiger partial charge in [0.1, 0.15) is 6.23 Å². The van der Waals surface area contributed by atoms with E-state index in [2.05, 4.69) is 16.6 Å². The molecule has 0 aliphatic heterocycles. The highest BCUT2D eigenvalue weighted by molar-refractivity contribution is 7.84. The Hall–Kier alpha value is -0.490. The Morgan fingerprint density at radius 1 is 1.40 bits per heavy atom. The second-order valence-electron chi connectivity index (χ2n) is 5.75. The molecule has 20 heavy (non-hydrogen) atoms. The Balaban J connectivity index is 3.85. The number of aliphatic hydroxyl groups is 1. The Morgan fingerprint density at radius 3 is 2.55 bits per heavy atom. The first-order chi connectivity index (χ1) is 9.31. The number of aliphatic hydroxyl groups excluding tert-OH is 1. The van der Waals surface area contributed by atoms with Gasteiger partial charge >= 0.3 is 0 Å². The van der Waals surface area contributed by atoms with Crippen molar-refractivity contribution in [1.82, 2.24) is 10.0 Å². The van der Waals surface area contributed by atoms with E-state index >= 15 is 0 Å². The van der Waals surface area contributed by atoms with E-state index in [9.17, 15) is 9.32 Å². The third kappa shape index (κ3) is 9.42. The minimum absolute atomic E-state index is 0.0814. The number of allylic oxidation sites excluding steroid dienone is 1. The van der Waals surface area contributed by atoms with Crippen LogP contribution in [0.5, 0.6) is 0 Å². The van der Waals surface area contributed by atoms with Gasteiger partial charge in [-0.2, -0.15) is 0 Å². The number of nitrogens with one attached hydrogen (secondary N) is 2. The van der Waals surface area contributed by atoms with Crippen molar-refractivity contribution in [2.45, 2.75) is 64.0 Å². The Bertz CT molecular complexity index is 324. The molecule has 0 aliphatic rings. The molecule has 3 atom stereocenters. The van der Waals surface area contributed by atoms with Crippen LogP contribution in [0.25, 0.3) is 0 Å².